The summed E-state index contributed by atoms with van der Waals surface area (Å²) in [7, 11) is 0. The van der Waals surface area contributed by atoms with Gasteiger partial charge >= 0.3 is 5.97 Å². The molecule has 104 valence electrons. The van der Waals surface area contributed by atoms with E-state index in [4.69, 9.17) is 5.11 Å². The molecule has 1 heterocycles. The maximum Gasteiger partial charge on any atom is 0.309 e. The minimum absolute atomic E-state index is 0.00171. The number of carbonyl (C=O) groups excluding carboxylic acids is 1. The summed E-state index contributed by atoms with van der Waals surface area (Å²) in [6, 6.07) is 0.622. The van der Waals surface area contributed by atoms with Gasteiger partial charge in [0.15, 0.2) is 0 Å². The van der Waals surface area contributed by atoms with Gasteiger partial charge in [0.05, 0.1) is 5.41 Å². The van der Waals surface area contributed by atoms with Crippen molar-refractivity contribution in [3.8, 4) is 0 Å². The number of hydrogen-bond donors (Lipinski definition) is 2. The van der Waals surface area contributed by atoms with Crippen molar-refractivity contribution in [2.75, 3.05) is 0 Å². The Balaban J connectivity index is 2.56. The van der Waals surface area contributed by atoms with E-state index in [-0.39, 0.29) is 12.3 Å². The summed E-state index contributed by atoms with van der Waals surface area (Å²) < 4.78 is 0. The third kappa shape index (κ3) is 3.70. The van der Waals surface area contributed by atoms with Crippen molar-refractivity contribution in [1.29, 1.82) is 0 Å². The lowest BCUT2D eigenvalue weighted by atomic mass is 9.89. The number of hydrogen-bond acceptors (Lipinski definition) is 3. The first kappa shape index (κ1) is 15.0. The Morgan fingerprint density at radius 1 is 1.28 bits per heavy atom. The van der Waals surface area contributed by atoms with E-state index < -0.39 is 11.4 Å². The molecule has 1 amide bonds. The van der Waals surface area contributed by atoms with Crippen LogP contribution in [0.25, 0.3) is 0 Å². The lowest BCUT2D eigenvalue weighted by molar-refractivity contribution is -0.150. The number of carbonyl (C=O) groups is 2. The molecule has 5 nitrogen and oxygen atoms in total. The maximum absolute atomic E-state index is 11.9. The molecule has 0 aliphatic carbocycles. The molecule has 0 radical (unpaired) electrons. The van der Waals surface area contributed by atoms with Crippen molar-refractivity contribution in [1.82, 2.24) is 10.4 Å². The molecule has 2 unspecified atom stereocenters. The molecule has 0 spiro atoms. The van der Waals surface area contributed by atoms with Gasteiger partial charge in [-0.05, 0) is 40.5 Å². The first-order valence-electron chi connectivity index (χ1n) is 6.55. The summed E-state index contributed by atoms with van der Waals surface area (Å²) in [4.78, 5) is 22.9. The van der Waals surface area contributed by atoms with E-state index in [2.05, 4.69) is 19.3 Å². The number of amides is 1. The second-order valence-electron chi connectivity index (χ2n) is 5.94. The molecule has 2 N–H and O–H groups in total. The fourth-order valence-electron chi connectivity index (χ4n) is 2.30. The standard InChI is InChI=1S/C13H24N2O3/c1-9-6-5-7-10(2)15(9)14-11(16)8-13(3,4)12(17)18/h9-10H,5-8H2,1-4H3,(H,14,16)(H,17,18). The Hall–Kier alpha value is -1.10. The number of nitrogens with one attached hydrogen (secondary N) is 1. The molecular formula is C13H24N2O3. The van der Waals surface area contributed by atoms with E-state index in [1.807, 2.05) is 5.01 Å². The number of carboxylic acid groups (broad SMARTS) is 1. The number of rotatable bonds is 4. The molecule has 1 saturated heterocycles. The van der Waals surface area contributed by atoms with Gasteiger partial charge in [-0.2, -0.15) is 0 Å². The highest BCUT2D eigenvalue weighted by atomic mass is 16.4. The van der Waals surface area contributed by atoms with Crippen LogP contribution in [0.15, 0.2) is 0 Å². The number of carboxylic acids is 1. The average Bonchev–Trinajstić information content (AvgIpc) is 2.22. The van der Waals surface area contributed by atoms with Crippen LogP contribution >= 0.6 is 0 Å². The van der Waals surface area contributed by atoms with Crippen LogP contribution in [0.3, 0.4) is 0 Å². The molecular weight excluding hydrogens is 232 g/mol. The quantitative estimate of drug-likeness (QED) is 0.804. The summed E-state index contributed by atoms with van der Waals surface area (Å²) in [5.74, 6) is -1.17. The zero-order valence-corrected chi connectivity index (χ0v) is 11.7. The van der Waals surface area contributed by atoms with Crippen LogP contribution in [0.4, 0.5) is 0 Å². The van der Waals surface area contributed by atoms with Crippen LogP contribution in [0.5, 0.6) is 0 Å². The van der Waals surface area contributed by atoms with Gasteiger partial charge in [-0.15, -0.1) is 0 Å². The second kappa shape index (κ2) is 5.69. The summed E-state index contributed by atoms with van der Waals surface area (Å²) in [5, 5.41) is 11.0. The van der Waals surface area contributed by atoms with E-state index in [9.17, 15) is 9.59 Å². The van der Waals surface area contributed by atoms with Crippen LogP contribution in [0, 0.1) is 5.41 Å². The number of nitrogens with zero attached hydrogens (tertiary/aromatic N) is 1. The molecule has 0 aromatic carbocycles. The van der Waals surface area contributed by atoms with Crippen LogP contribution in [0.2, 0.25) is 0 Å². The molecule has 5 heteroatoms. The molecule has 0 bridgehead atoms. The minimum atomic E-state index is -1.02. The molecule has 18 heavy (non-hydrogen) atoms. The third-order valence-electron chi connectivity index (χ3n) is 3.63. The predicted octanol–water partition coefficient (Wildman–Crippen LogP) is 1.78. The molecule has 0 aromatic heterocycles. The highest BCUT2D eigenvalue weighted by Crippen LogP contribution is 2.23. The van der Waals surface area contributed by atoms with Gasteiger partial charge in [0.2, 0.25) is 5.91 Å². The Morgan fingerprint density at radius 3 is 2.22 bits per heavy atom. The first-order chi connectivity index (χ1) is 8.24. The predicted molar refractivity (Wildman–Crippen MR) is 68.8 cm³/mol. The van der Waals surface area contributed by atoms with Gasteiger partial charge < -0.3 is 5.11 Å². The van der Waals surface area contributed by atoms with Crippen LogP contribution in [-0.2, 0) is 9.59 Å². The summed E-state index contributed by atoms with van der Waals surface area (Å²) >= 11 is 0. The lowest BCUT2D eigenvalue weighted by Gasteiger charge is -2.39. The van der Waals surface area contributed by atoms with Crippen LogP contribution in [-0.4, -0.2) is 34.1 Å². The van der Waals surface area contributed by atoms with Gasteiger partial charge in [0.25, 0.3) is 0 Å². The monoisotopic (exact) mass is 256 g/mol. The summed E-state index contributed by atoms with van der Waals surface area (Å²) in [6.07, 6.45) is 3.30. The number of hydrazine groups is 1. The van der Waals surface area contributed by atoms with Crippen molar-refractivity contribution >= 4 is 11.9 Å². The lowest BCUT2D eigenvalue weighted by Crippen LogP contribution is -2.54. The molecule has 1 aliphatic rings. The summed E-state index contributed by atoms with van der Waals surface area (Å²) in [5.41, 5.74) is 1.84. The average molecular weight is 256 g/mol. The van der Waals surface area contributed by atoms with E-state index in [0.717, 1.165) is 12.8 Å². The number of aliphatic carboxylic acids is 1. The van der Waals surface area contributed by atoms with Crippen LogP contribution < -0.4 is 5.43 Å². The second-order valence-corrected chi connectivity index (χ2v) is 5.94. The fourth-order valence-corrected chi connectivity index (χ4v) is 2.30. The minimum Gasteiger partial charge on any atom is -0.481 e. The smallest absolute Gasteiger partial charge is 0.309 e. The normalized spacial score (nSPS) is 25.8. The number of piperidine rings is 1. The van der Waals surface area contributed by atoms with Gasteiger partial charge in [-0.25, -0.2) is 5.01 Å². The highest BCUT2D eigenvalue weighted by Gasteiger charge is 2.32. The molecule has 1 rings (SSSR count). The maximum atomic E-state index is 11.9. The topological polar surface area (TPSA) is 69.6 Å². The van der Waals surface area contributed by atoms with Crippen molar-refractivity contribution in [2.24, 2.45) is 5.41 Å². The summed E-state index contributed by atoms with van der Waals surface area (Å²) in [6.45, 7) is 7.30. The molecule has 1 aliphatic heterocycles. The Labute approximate surface area is 109 Å². The zero-order chi connectivity index (χ0) is 13.9. The Morgan fingerprint density at radius 2 is 1.78 bits per heavy atom. The molecule has 0 aromatic rings. The molecule has 1 fully saturated rings. The van der Waals surface area contributed by atoms with Crippen molar-refractivity contribution in [3.63, 3.8) is 0 Å². The Kier molecular flexibility index (Phi) is 4.73. The molecule has 0 saturated carbocycles. The zero-order valence-electron chi connectivity index (χ0n) is 11.7. The van der Waals surface area contributed by atoms with Gasteiger partial charge in [0.1, 0.15) is 0 Å². The molecule has 2 atom stereocenters. The highest BCUT2D eigenvalue weighted by molar-refractivity contribution is 5.84. The van der Waals surface area contributed by atoms with Crippen LogP contribution in [0.1, 0.15) is 53.4 Å². The largest absolute Gasteiger partial charge is 0.481 e. The van der Waals surface area contributed by atoms with Gasteiger partial charge in [-0.3, -0.25) is 15.0 Å². The van der Waals surface area contributed by atoms with Crippen molar-refractivity contribution in [3.05, 3.63) is 0 Å². The SMILES string of the molecule is CC1CCCC(C)N1NC(=O)CC(C)(C)C(=O)O. The Bertz CT molecular complexity index is 318. The third-order valence-corrected chi connectivity index (χ3v) is 3.63. The van der Waals surface area contributed by atoms with Gasteiger partial charge in [-0.1, -0.05) is 6.42 Å². The van der Waals surface area contributed by atoms with Gasteiger partial charge in [0, 0.05) is 18.5 Å². The van der Waals surface area contributed by atoms with E-state index in [1.54, 1.807) is 13.8 Å². The van der Waals surface area contributed by atoms with E-state index in [1.165, 1.54) is 6.42 Å². The first-order valence-corrected chi connectivity index (χ1v) is 6.55. The van der Waals surface area contributed by atoms with E-state index >= 15 is 0 Å². The fraction of sp³-hybridized carbons (Fsp3) is 0.846. The van der Waals surface area contributed by atoms with Crippen molar-refractivity contribution < 1.29 is 14.7 Å². The van der Waals surface area contributed by atoms with Crippen molar-refractivity contribution in [2.45, 2.75) is 65.5 Å². The van der Waals surface area contributed by atoms with E-state index in [0.29, 0.717) is 12.1 Å².